The molecule has 0 spiro atoms. The van der Waals surface area contributed by atoms with Crippen molar-refractivity contribution in [2.24, 2.45) is 5.84 Å². The number of benzene rings is 1. The number of nitrogens with one attached hydrogen (secondary N) is 1. The molecule has 2 rings (SSSR count). The first-order valence-corrected chi connectivity index (χ1v) is 6.75. The van der Waals surface area contributed by atoms with Gasteiger partial charge in [0.15, 0.2) is 0 Å². The molecule has 4 nitrogen and oxygen atoms in total. The third-order valence-electron chi connectivity index (χ3n) is 3.10. The van der Waals surface area contributed by atoms with Crippen molar-refractivity contribution >= 4 is 0 Å². The zero-order chi connectivity index (χ0) is 14.5. The van der Waals surface area contributed by atoms with E-state index in [0.29, 0.717) is 0 Å². The summed E-state index contributed by atoms with van der Waals surface area (Å²) in [6.07, 6.45) is 3.77. The summed E-state index contributed by atoms with van der Waals surface area (Å²) in [5, 5.41) is 0. The van der Waals surface area contributed by atoms with Gasteiger partial charge in [-0.1, -0.05) is 12.1 Å². The van der Waals surface area contributed by atoms with Gasteiger partial charge in [-0.25, -0.2) is 5.43 Å². The highest BCUT2D eigenvalue weighted by molar-refractivity contribution is 5.38. The second-order valence-corrected chi connectivity index (χ2v) is 5.07. The molecule has 0 saturated carbocycles. The van der Waals surface area contributed by atoms with Gasteiger partial charge in [0.2, 0.25) is 0 Å². The molecule has 1 aromatic heterocycles. The summed E-state index contributed by atoms with van der Waals surface area (Å²) in [7, 11) is 0. The standard InChI is InChI=1S/C16H21N3O/c1-11(2)20-14-6-4-5-13(9-14)16(19-17)15-7-8-18-10-12(15)3/h4-11,16,19H,17H2,1-3H3. The van der Waals surface area contributed by atoms with Gasteiger partial charge in [0.1, 0.15) is 5.75 Å². The molecule has 0 saturated heterocycles. The second kappa shape index (κ2) is 6.50. The number of nitrogens with zero attached hydrogens (tertiary/aromatic N) is 1. The van der Waals surface area contributed by atoms with Gasteiger partial charge in [-0.2, -0.15) is 0 Å². The first kappa shape index (κ1) is 14.5. The predicted molar refractivity (Wildman–Crippen MR) is 80.3 cm³/mol. The van der Waals surface area contributed by atoms with Crippen molar-refractivity contribution in [1.29, 1.82) is 0 Å². The van der Waals surface area contributed by atoms with E-state index in [2.05, 4.69) is 10.4 Å². The third kappa shape index (κ3) is 3.35. The quantitative estimate of drug-likeness (QED) is 0.648. The van der Waals surface area contributed by atoms with Gasteiger partial charge in [0.25, 0.3) is 0 Å². The average Bonchev–Trinajstić information content (AvgIpc) is 2.41. The normalized spacial score (nSPS) is 12.4. The van der Waals surface area contributed by atoms with Crippen LogP contribution in [0.2, 0.25) is 0 Å². The molecule has 3 N–H and O–H groups in total. The van der Waals surface area contributed by atoms with E-state index in [0.717, 1.165) is 22.4 Å². The Bertz CT molecular complexity index is 569. The van der Waals surface area contributed by atoms with Gasteiger partial charge in [-0.05, 0) is 55.7 Å². The number of hydrazine groups is 1. The third-order valence-corrected chi connectivity index (χ3v) is 3.10. The molecular weight excluding hydrogens is 250 g/mol. The highest BCUT2D eigenvalue weighted by Gasteiger charge is 2.15. The van der Waals surface area contributed by atoms with Crippen molar-refractivity contribution < 1.29 is 4.74 Å². The molecule has 0 fully saturated rings. The summed E-state index contributed by atoms with van der Waals surface area (Å²) in [5.41, 5.74) is 6.16. The van der Waals surface area contributed by atoms with Gasteiger partial charge in [-0.15, -0.1) is 0 Å². The maximum absolute atomic E-state index is 5.75. The lowest BCUT2D eigenvalue weighted by atomic mass is 9.97. The Morgan fingerprint density at radius 3 is 2.70 bits per heavy atom. The topological polar surface area (TPSA) is 60.2 Å². The summed E-state index contributed by atoms with van der Waals surface area (Å²) in [6.45, 7) is 6.05. The summed E-state index contributed by atoms with van der Waals surface area (Å²) < 4.78 is 5.73. The molecule has 0 amide bonds. The Labute approximate surface area is 120 Å². The fraction of sp³-hybridized carbons (Fsp3) is 0.312. The molecule has 0 radical (unpaired) electrons. The number of rotatable bonds is 5. The molecule has 1 aromatic carbocycles. The minimum atomic E-state index is -0.0753. The van der Waals surface area contributed by atoms with Crippen LogP contribution in [0.5, 0.6) is 5.75 Å². The molecule has 4 heteroatoms. The fourth-order valence-corrected chi connectivity index (χ4v) is 2.21. The van der Waals surface area contributed by atoms with Gasteiger partial charge < -0.3 is 4.74 Å². The lowest BCUT2D eigenvalue weighted by molar-refractivity contribution is 0.242. The summed E-state index contributed by atoms with van der Waals surface area (Å²) in [5.74, 6) is 6.60. The number of nitrogens with two attached hydrogens (primary N) is 1. The Balaban J connectivity index is 2.35. The number of hydrogen-bond donors (Lipinski definition) is 2. The van der Waals surface area contributed by atoms with Crippen molar-refractivity contribution in [3.8, 4) is 5.75 Å². The van der Waals surface area contributed by atoms with Crippen molar-refractivity contribution in [2.75, 3.05) is 0 Å². The van der Waals surface area contributed by atoms with E-state index in [1.807, 2.05) is 57.3 Å². The van der Waals surface area contributed by atoms with Crippen LogP contribution in [0.4, 0.5) is 0 Å². The minimum Gasteiger partial charge on any atom is -0.491 e. The Morgan fingerprint density at radius 2 is 2.05 bits per heavy atom. The molecule has 0 aliphatic carbocycles. The van der Waals surface area contributed by atoms with E-state index in [4.69, 9.17) is 10.6 Å². The molecule has 2 aromatic rings. The van der Waals surface area contributed by atoms with E-state index in [1.165, 1.54) is 0 Å². The lowest BCUT2D eigenvalue weighted by Crippen LogP contribution is -2.29. The molecule has 1 atom stereocenters. The van der Waals surface area contributed by atoms with Crippen LogP contribution < -0.4 is 16.0 Å². The fourth-order valence-electron chi connectivity index (χ4n) is 2.21. The minimum absolute atomic E-state index is 0.0753. The Morgan fingerprint density at radius 1 is 1.25 bits per heavy atom. The Kier molecular flexibility index (Phi) is 4.71. The van der Waals surface area contributed by atoms with E-state index in [9.17, 15) is 0 Å². The highest BCUT2D eigenvalue weighted by Crippen LogP contribution is 2.26. The maximum atomic E-state index is 5.75. The van der Waals surface area contributed by atoms with Crippen LogP contribution >= 0.6 is 0 Å². The lowest BCUT2D eigenvalue weighted by Gasteiger charge is -2.20. The van der Waals surface area contributed by atoms with Crippen molar-refractivity contribution in [3.05, 3.63) is 59.4 Å². The molecule has 106 valence electrons. The monoisotopic (exact) mass is 271 g/mol. The van der Waals surface area contributed by atoms with Crippen molar-refractivity contribution in [1.82, 2.24) is 10.4 Å². The number of aromatic nitrogens is 1. The van der Waals surface area contributed by atoms with Crippen LogP contribution in [-0.2, 0) is 0 Å². The van der Waals surface area contributed by atoms with Gasteiger partial charge in [-0.3, -0.25) is 10.8 Å². The van der Waals surface area contributed by atoms with Crippen molar-refractivity contribution in [3.63, 3.8) is 0 Å². The number of ether oxygens (including phenoxy) is 1. The number of aryl methyl sites for hydroxylation is 1. The van der Waals surface area contributed by atoms with Crippen LogP contribution in [0.25, 0.3) is 0 Å². The largest absolute Gasteiger partial charge is 0.491 e. The van der Waals surface area contributed by atoms with Crippen LogP contribution in [0, 0.1) is 6.92 Å². The molecule has 0 aliphatic heterocycles. The summed E-state index contributed by atoms with van der Waals surface area (Å²) >= 11 is 0. The molecule has 20 heavy (non-hydrogen) atoms. The smallest absolute Gasteiger partial charge is 0.120 e. The predicted octanol–water partition coefficient (Wildman–Crippen LogP) is 2.73. The van der Waals surface area contributed by atoms with Crippen LogP contribution in [0.1, 0.15) is 36.6 Å². The SMILES string of the molecule is Cc1cnccc1C(NN)c1cccc(OC(C)C)c1. The molecule has 0 aliphatic rings. The first-order chi connectivity index (χ1) is 9.61. The summed E-state index contributed by atoms with van der Waals surface area (Å²) in [4.78, 5) is 4.12. The van der Waals surface area contributed by atoms with Crippen LogP contribution in [-0.4, -0.2) is 11.1 Å². The van der Waals surface area contributed by atoms with Crippen LogP contribution in [0.3, 0.4) is 0 Å². The zero-order valence-corrected chi connectivity index (χ0v) is 12.1. The van der Waals surface area contributed by atoms with E-state index < -0.39 is 0 Å². The second-order valence-electron chi connectivity index (χ2n) is 5.07. The molecule has 0 bridgehead atoms. The van der Waals surface area contributed by atoms with Gasteiger partial charge in [0, 0.05) is 12.4 Å². The highest BCUT2D eigenvalue weighted by atomic mass is 16.5. The molecular formula is C16H21N3O. The van der Waals surface area contributed by atoms with Crippen LogP contribution in [0.15, 0.2) is 42.7 Å². The first-order valence-electron chi connectivity index (χ1n) is 6.75. The Hall–Kier alpha value is -1.91. The van der Waals surface area contributed by atoms with E-state index in [1.54, 1.807) is 6.20 Å². The van der Waals surface area contributed by atoms with Gasteiger partial charge >= 0.3 is 0 Å². The van der Waals surface area contributed by atoms with Crippen molar-refractivity contribution in [2.45, 2.75) is 32.9 Å². The van der Waals surface area contributed by atoms with E-state index >= 15 is 0 Å². The summed E-state index contributed by atoms with van der Waals surface area (Å²) in [6, 6.07) is 9.90. The van der Waals surface area contributed by atoms with Gasteiger partial charge in [0.05, 0.1) is 12.1 Å². The number of hydrogen-bond acceptors (Lipinski definition) is 4. The maximum Gasteiger partial charge on any atom is 0.120 e. The molecule has 1 heterocycles. The van der Waals surface area contributed by atoms with E-state index in [-0.39, 0.29) is 12.1 Å². The number of pyridine rings is 1. The zero-order valence-electron chi connectivity index (χ0n) is 12.1. The molecule has 1 unspecified atom stereocenters. The average molecular weight is 271 g/mol.